The van der Waals surface area contributed by atoms with Crippen molar-refractivity contribution in [2.24, 2.45) is 5.92 Å². The second-order valence-corrected chi connectivity index (χ2v) is 3.19. The summed E-state index contributed by atoms with van der Waals surface area (Å²) in [5.74, 6) is -0.583. The lowest BCUT2D eigenvalue weighted by Crippen LogP contribution is -2.44. The van der Waals surface area contributed by atoms with Gasteiger partial charge >= 0.3 is 6.09 Å². The number of piperidine rings is 1. The Labute approximate surface area is 82.2 Å². The molecule has 1 aliphatic heterocycles. The molecule has 0 aliphatic carbocycles. The van der Waals surface area contributed by atoms with Crippen LogP contribution in [0.3, 0.4) is 0 Å². The molecule has 1 saturated heterocycles. The van der Waals surface area contributed by atoms with Crippen molar-refractivity contribution in [3.05, 3.63) is 0 Å². The van der Waals surface area contributed by atoms with Crippen molar-refractivity contribution in [3.63, 3.8) is 0 Å². The fraction of sp³-hybridized carbons (Fsp3) is 0.778. The first-order chi connectivity index (χ1) is 6.69. The lowest BCUT2D eigenvalue weighted by atomic mass is 9.97. The summed E-state index contributed by atoms with van der Waals surface area (Å²) in [6.45, 7) is 2.36. The molecule has 1 fully saturated rings. The highest BCUT2D eigenvalue weighted by molar-refractivity contribution is 5.67. The third-order valence-corrected chi connectivity index (χ3v) is 2.23. The van der Waals surface area contributed by atoms with E-state index in [1.807, 2.05) is 6.07 Å². The van der Waals surface area contributed by atoms with E-state index in [1.54, 1.807) is 6.92 Å². The Morgan fingerprint density at radius 3 is 3.00 bits per heavy atom. The Balaban J connectivity index is 2.47. The zero-order valence-corrected chi connectivity index (χ0v) is 8.07. The summed E-state index contributed by atoms with van der Waals surface area (Å²) in [4.78, 5) is 12.5. The average Bonchev–Trinajstić information content (AvgIpc) is 2.18. The fourth-order valence-electron chi connectivity index (χ4n) is 1.43. The van der Waals surface area contributed by atoms with E-state index in [1.165, 1.54) is 4.90 Å². The maximum absolute atomic E-state index is 13.2. The van der Waals surface area contributed by atoms with Crippen LogP contribution in [0.15, 0.2) is 0 Å². The van der Waals surface area contributed by atoms with Gasteiger partial charge in [-0.2, -0.15) is 5.26 Å². The van der Waals surface area contributed by atoms with Crippen LogP contribution < -0.4 is 0 Å². The third-order valence-electron chi connectivity index (χ3n) is 2.23. The van der Waals surface area contributed by atoms with Crippen LogP contribution >= 0.6 is 0 Å². The van der Waals surface area contributed by atoms with Crippen LogP contribution in [-0.4, -0.2) is 36.9 Å². The Morgan fingerprint density at radius 2 is 2.50 bits per heavy atom. The van der Waals surface area contributed by atoms with Gasteiger partial charge in [-0.3, -0.25) is 0 Å². The van der Waals surface area contributed by atoms with Gasteiger partial charge in [0.15, 0.2) is 0 Å². The molecule has 1 aliphatic rings. The molecule has 0 spiro atoms. The number of alkyl halides is 1. The first-order valence-electron chi connectivity index (χ1n) is 4.64. The molecule has 5 heteroatoms. The number of carbonyl (C=O) groups is 1. The summed E-state index contributed by atoms with van der Waals surface area (Å²) in [7, 11) is 0. The van der Waals surface area contributed by atoms with Crippen LogP contribution in [0.5, 0.6) is 0 Å². The van der Waals surface area contributed by atoms with Crippen LogP contribution in [0, 0.1) is 17.2 Å². The van der Waals surface area contributed by atoms with Gasteiger partial charge in [0.05, 0.1) is 25.1 Å². The van der Waals surface area contributed by atoms with E-state index in [0.717, 1.165) is 0 Å². The quantitative estimate of drug-likeness (QED) is 0.641. The van der Waals surface area contributed by atoms with E-state index < -0.39 is 18.2 Å². The number of ether oxygens (including phenoxy) is 1. The summed E-state index contributed by atoms with van der Waals surface area (Å²) in [6.07, 6.45) is -1.36. The smallest absolute Gasteiger partial charge is 0.409 e. The molecule has 0 saturated carbocycles. The van der Waals surface area contributed by atoms with Crippen molar-refractivity contribution >= 4 is 6.09 Å². The van der Waals surface area contributed by atoms with Crippen LogP contribution in [0.1, 0.15) is 13.3 Å². The molecule has 0 aromatic rings. The molecule has 1 rings (SSSR count). The van der Waals surface area contributed by atoms with Gasteiger partial charge in [-0.15, -0.1) is 0 Å². The molecular formula is C9H13FN2O2. The number of hydrogen-bond donors (Lipinski definition) is 0. The first kappa shape index (κ1) is 10.8. The second kappa shape index (κ2) is 4.80. The average molecular weight is 200 g/mol. The van der Waals surface area contributed by atoms with E-state index in [-0.39, 0.29) is 13.2 Å². The maximum atomic E-state index is 13.2. The first-order valence-corrected chi connectivity index (χ1v) is 4.64. The van der Waals surface area contributed by atoms with Crippen LogP contribution in [0.4, 0.5) is 9.18 Å². The molecule has 78 valence electrons. The number of carbonyl (C=O) groups excluding carboxylic acids is 1. The largest absolute Gasteiger partial charge is 0.450 e. The molecule has 0 bridgehead atoms. The Bertz CT molecular complexity index is 252. The molecule has 14 heavy (non-hydrogen) atoms. The summed E-state index contributed by atoms with van der Waals surface area (Å²) < 4.78 is 18.0. The molecule has 1 heterocycles. The lowest BCUT2D eigenvalue weighted by molar-refractivity contribution is 0.0688. The Kier molecular flexibility index (Phi) is 3.69. The van der Waals surface area contributed by atoms with Gasteiger partial charge in [0.2, 0.25) is 0 Å². The van der Waals surface area contributed by atoms with Crippen molar-refractivity contribution in [1.82, 2.24) is 4.90 Å². The molecule has 4 nitrogen and oxygen atoms in total. The highest BCUT2D eigenvalue weighted by Crippen LogP contribution is 2.20. The van der Waals surface area contributed by atoms with E-state index >= 15 is 0 Å². The SMILES string of the molecule is CCOC(=O)N1CC[C@@H](C#N)[C@H](F)C1. The fourth-order valence-corrected chi connectivity index (χ4v) is 1.43. The Hall–Kier alpha value is -1.31. The van der Waals surface area contributed by atoms with Crippen molar-refractivity contribution in [2.75, 3.05) is 19.7 Å². The van der Waals surface area contributed by atoms with E-state index in [2.05, 4.69) is 0 Å². The van der Waals surface area contributed by atoms with Crippen molar-refractivity contribution in [2.45, 2.75) is 19.5 Å². The number of rotatable bonds is 1. The second-order valence-electron chi connectivity index (χ2n) is 3.19. The van der Waals surface area contributed by atoms with Gasteiger partial charge in [-0.05, 0) is 13.3 Å². The lowest BCUT2D eigenvalue weighted by Gasteiger charge is -2.30. The summed E-state index contributed by atoms with van der Waals surface area (Å²) >= 11 is 0. The minimum Gasteiger partial charge on any atom is -0.450 e. The monoisotopic (exact) mass is 200 g/mol. The predicted octanol–water partition coefficient (Wildman–Crippen LogP) is 1.33. The zero-order chi connectivity index (χ0) is 10.6. The van der Waals surface area contributed by atoms with E-state index in [9.17, 15) is 9.18 Å². The summed E-state index contributed by atoms with van der Waals surface area (Å²) in [6, 6.07) is 1.89. The minimum absolute atomic E-state index is 0.0307. The number of hydrogen-bond acceptors (Lipinski definition) is 3. The van der Waals surface area contributed by atoms with E-state index in [4.69, 9.17) is 10.00 Å². The third kappa shape index (κ3) is 2.34. The van der Waals surface area contributed by atoms with Crippen LogP contribution in [0.2, 0.25) is 0 Å². The predicted molar refractivity (Wildman–Crippen MR) is 47.2 cm³/mol. The van der Waals surface area contributed by atoms with Crippen molar-refractivity contribution in [1.29, 1.82) is 5.26 Å². The molecule has 2 atom stereocenters. The van der Waals surface area contributed by atoms with Gasteiger partial charge < -0.3 is 9.64 Å². The molecule has 0 aromatic heterocycles. The highest BCUT2D eigenvalue weighted by Gasteiger charge is 2.31. The van der Waals surface area contributed by atoms with Crippen molar-refractivity contribution in [3.8, 4) is 6.07 Å². The minimum atomic E-state index is -1.25. The van der Waals surface area contributed by atoms with Crippen LogP contribution in [-0.2, 0) is 4.74 Å². The number of amides is 1. The molecular weight excluding hydrogens is 187 g/mol. The van der Waals surface area contributed by atoms with Crippen LogP contribution in [0.25, 0.3) is 0 Å². The number of nitriles is 1. The molecule has 0 N–H and O–H groups in total. The Morgan fingerprint density at radius 1 is 1.79 bits per heavy atom. The standard InChI is InChI=1S/C9H13FN2O2/c1-2-14-9(13)12-4-3-7(5-11)8(10)6-12/h7-8H,2-4,6H2,1H3/t7-,8+/m0/s1. The van der Waals surface area contributed by atoms with Gasteiger partial charge in [0.1, 0.15) is 6.17 Å². The molecule has 0 radical (unpaired) electrons. The number of nitrogens with zero attached hydrogens (tertiary/aromatic N) is 2. The number of halogens is 1. The van der Waals surface area contributed by atoms with Gasteiger partial charge in [0.25, 0.3) is 0 Å². The molecule has 0 unspecified atom stereocenters. The summed E-state index contributed by atoms with van der Waals surface area (Å²) in [5, 5.41) is 8.56. The summed E-state index contributed by atoms with van der Waals surface area (Å²) in [5.41, 5.74) is 0. The van der Waals surface area contributed by atoms with E-state index in [0.29, 0.717) is 13.0 Å². The molecule has 1 amide bonds. The number of likely N-dealkylation sites (tertiary alicyclic amines) is 1. The molecule has 0 aromatic carbocycles. The van der Waals surface area contributed by atoms with Gasteiger partial charge in [0, 0.05) is 6.54 Å². The topological polar surface area (TPSA) is 53.3 Å². The maximum Gasteiger partial charge on any atom is 0.409 e. The normalized spacial score (nSPS) is 26.8. The van der Waals surface area contributed by atoms with Crippen molar-refractivity contribution < 1.29 is 13.9 Å². The highest BCUT2D eigenvalue weighted by atomic mass is 19.1. The van der Waals surface area contributed by atoms with Gasteiger partial charge in [-0.1, -0.05) is 0 Å². The zero-order valence-electron chi connectivity index (χ0n) is 8.07. The van der Waals surface area contributed by atoms with Gasteiger partial charge in [-0.25, -0.2) is 9.18 Å².